The number of amides is 2. The molecular formula is C8H8N4OS. The number of hydrogen-bond donors (Lipinski definition) is 1. The third-order valence-electron chi connectivity index (χ3n) is 1.72. The largest absolute Gasteiger partial charge is 0.350 e. The third-order valence-corrected chi connectivity index (χ3v) is 2.68. The Labute approximate surface area is 85.0 Å². The molecule has 2 rings (SSSR count). The normalized spacial score (nSPS) is 15.4. The van der Waals surface area contributed by atoms with Crippen molar-refractivity contribution in [2.24, 2.45) is 10.8 Å². The molecule has 1 aromatic rings. The number of thioether (sulfide) groups is 1. The number of pyridine rings is 1. The van der Waals surface area contributed by atoms with Crippen molar-refractivity contribution in [2.45, 2.75) is 0 Å². The minimum Gasteiger partial charge on any atom is -0.350 e. The van der Waals surface area contributed by atoms with Gasteiger partial charge in [-0.25, -0.2) is 9.80 Å². The van der Waals surface area contributed by atoms with Crippen molar-refractivity contribution in [3.05, 3.63) is 30.1 Å². The molecule has 2 amide bonds. The molecule has 0 saturated carbocycles. The first-order valence-corrected chi connectivity index (χ1v) is 4.95. The van der Waals surface area contributed by atoms with Crippen molar-refractivity contribution in [3.63, 3.8) is 0 Å². The Hall–Kier alpha value is -1.56. The van der Waals surface area contributed by atoms with E-state index in [1.807, 2.05) is 12.1 Å². The highest BCUT2D eigenvalue weighted by molar-refractivity contribution is 8.14. The van der Waals surface area contributed by atoms with Crippen LogP contribution in [0.15, 0.2) is 29.6 Å². The van der Waals surface area contributed by atoms with Crippen molar-refractivity contribution >= 4 is 22.8 Å². The van der Waals surface area contributed by atoms with Gasteiger partial charge in [-0.15, -0.1) is 0 Å². The Kier molecular flexibility index (Phi) is 2.36. The predicted octanol–water partition coefficient (Wildman–Crippen LogP) is 0.828. The fraction of sp³-hybridized carbons (Fsp3) is 0.125. The quantitative estimate of drug-likeness (QED) is 0.743. The zero-order chi connectivity index (χ0) is 9.97. The van der Waals surface area contributed by atoms with Gasteiger partial charge in [-0.05, 0) is 12.1 Å². The molecule has 0 unspecified atom stereocenters. The Morgan fingerprint density at radius 3 is 2.79 bits per heavy atom. The Bertz CT molecular complexity index is 378. The van der Waals surface area contributed by atoms with Gasteiger partial charge in [0, 0.05) is 18.0 Å². The van der Waals surface area contributed by atoms with E-state index in [0.29, 0.717) is 5.88 Å². The lowest BCUT2D eigenvalue weighted by atomic mass is 10.3. The van der Waals surface area contributed by atoms with E-state index in [1.165, 1.54) is 16.8 Å². The fourth-order valence-electron chi connectivity index (χ4n) is 1.04. The summed E-state index contributed by atoms with van der Waals surface area (Å²) in [6.45, 7) is 0. The molecule has 0 aliphatic carbocycles. The minimum absolute atomic E-state index is 0.479. The fourth-order valence-corrected chi connectivity index (χ4v) is 1.93. The maximum atomic E-state index is 10.8. The molecule has 2 heterocycles. The average Bonchev–Trinajstić information content (AvgIpc) is 2.68. The van der Waals surface area contributed by atoms with Crippen LogP contribution in [0.3, 0.4) is 0 Å². The minimum atomic E-state index is -0.526. The van der Waals surface area contributed by atoms with E-state index < -0.39 is 6.03 Å². The summed E-state index contributed by atoms with van der Waals surface area (Å²) in [5.41, 5.74) is 6.04. The van der Waals surface area contributed by atoms with Gasteiger partial charge in [0.2, 0.25) is 0 Å². The Morgan fingerprint density at radius 1 is 1.50 bits per heavy atom. The first-order chi connectivity index (χ1) is 6.77. The molecule has 0 aromatic carbocycles. The van der Waals surface area contributed by atoms with Gasteiger partial charge >= 0.3 is 6.03 Å². The van der Waals surface area contributed by atoms with Crippen LogP contribution in [0.2, 0.25) is 0 Å². The second-order valence-corrected chi connectivity index (χ2v) is 3.59. The average molecular weight is 208 g/mol. The highest BCUT2D eigenvalue weighted by Crippen LogP contribution is 2.21. The third kappa shape index (κ3) is 1.69. The number of primary amides is 1. The van der Waals surface area contributed by atoms with Crippen LogP contribution >= 0.6 is 11.8 Å². The molecule has 0 saturated heterocycles. The summed E-state index contributed by atoms with van der Waals surface area (Å²) in [6, 6.07) is 3.16. The number of aromatic nitrogens is 1. The number of nitrogens with two attached hydrogens (primary N) is 1. The molecule has 0 atom stereocenters. The lowest BCUT2D eigenvalue weighted by molar-refractivity contribution is 0.219. The molecule has 1 aliphatic heterocycles. The second-order valence-electron chi connectivity index (χ2n) is 2.65. The summed E-state index contributed by atoms with van der Waals surface area (Å²) in [7, 11) is 0. The van der Waals surface area contributed by atoms with Crippen molar-refractivity contribution < 1.29 is 4.79 Å². The zero-order valence-electron chi connectivity index (χ0n) is 7.25. The van der Waals surface area contributed by atoms with Crippen molar-refractivity contribution in [1.82, 2.24) is 9.99 Å². The SMILES string of the molecule is NC(=O)N1CSC(c2ccncc2)=N1. The predicted molar refractivity (Wildman–Crippen MR) is 54.7 cm³/mol. The summed E-state index contributed by atoms with van der Waals surface area (Å²) in [4.78, 5) is 14.7. The van der Waals surface area contributed by atoms with Crippen LogP contribution in [0.4, 0.5) is 4.79 Å². The van der Waals surface area contributed by atoms with Gasteiger partial charge < -0.3 is 5.73 Å². The molecular weight excluding hydrogens is 200 g/mol. The van der Waals surface area contributed by atoms with E-state index >= 15 is 0 Å². The van der Waals surface area contributed by atoms with E-state index in [9.17, 15) is 4.79 Å². The summed E-state index contributed by atoms with van der Waals surface area (Å²) >= 11 is 1.48. The molecule has 14 heavy (non-hydrogen) atoms. The second kappa shape index (κ2) is 3.67. The first kappa shape index (κ1) is 9.01. The topological polar surface area (TPSA) is 71.6 Å². The number of hydrazone groups is 1. The zero-order valence-corrected chi connectivity index (χ0v) is 8.07. The number of carbonyl (C=O) groups is 1. The monoisotopic (exact) mass is 208 g/mol. The van der Waals surface area contributed by atoms with Gasteiger partial charge in [0.15, 0.2) is 0 Å². The van der Waals surface area contributed by atoms with Crippen molar-refractivity contribution in [3.8, 4) is 0 Å². The number of carbonyl (C=O) groups excluding carboxylic acids is 1. The highest BCUT2D eigenvalue weighted by atomic mass is 32.2. The summed E-state index contributed by atoms with van der Waals surface area (Å²) in [5.74, 6) is 0.479. The van der Waals surface area contributed by atoms with Crippen LogP contribution in [-0.4, -0.2) is 26.9 Å². The number of urea groups is 1. The Morgan fingerprint density at radius 2 is 2.21 bits per heavy atom. The summed E-state index contributed by atoms with van der Waals surface area (Å²) < 4.78 is 0. The van der Waals surface area contributed by atoms with Gasteiger partial charge in [0.05, 0.1) is 5.88 Å². The maximum absolute atomic E-state index is 10.8. The van der Waals surface area contributed by atoms with Gasteiger partial charge in [-0.1, -0.05) is 11.8 Å². The lowest BCUT2D eigenvalue weighted by Gasteiger charge is -2.03. The van der Waals surface area contributed by atoms with Crippen LogP contribution in [0.1, 0.15) is 5.56 Å². The standard InChI is InChI=1S/C8H8N4OS/c9-8(13)12-5-14-7(11-12)6-1-3-10-4-2-6/h1-4H,5H2,(H2,9,13). The molecule has 0 radical (unpaired) electrons. The smallest absolute Gasteiger partial charge is 0.336 e. The van der Waals surface area contributed by atoms with E-state index in [-0.39, 0.29) is 0 Å². The molecule has 72 valence electrons. The molecule has 0 spiro atoms. The van der Waals surface area contributed by atoms with Crippen LogP contribution in [0, 0.1) is 0 Å². The van der Waals surface area contributed by atoms with Gasteiger partial charge in [-0.2, -0.15) is 5.10 Å². The molecule has 0 bridgehead atoms. The molecule has 1 aliphatic rings. The van der Waals surface area contributed by atoms with Crippen LogP contribution in [0.5, 0.6) is 0 Å². The van der Waals surface area contributed by atoms with Gasteiger partial charge in [0.1, 0.15) is 5.04 Å². The van der Waals surface area contributed by atoms with Crippen LogP contribution in [0.25, 0.3) is 0 Å². The molecule has 6 heteroatoms. The maximum Gasteiger partial charge on any atom is 0.336 e. The lowest BCUT2D eigenvalue weighted by Crippen LogP contribution is -2.28. The molecule has 2 N–H and O–H groups in total. The van der Waals surface area contributed by atoms with Crippen molar-refractivity contribution in [1.29, 1.82) is 0 Å². The van der Waals surface area contributed by atoms with Crippen LogP contribution in [-0.2, 0) is 0 Å². The molecule has 0 fully saturated rings. The van der Waals surface area contributed by atoms with Gasteiger partial charge in [-0.3, -0.25) is 4.98 Å². The summed E-state index contributed by atoms with van der Waals surface area (Å²) in [5, 5.41) is 6.10. The number of nitrogens with zero attached hydrogens (tertiary/aromatic N) is 3. The van der Waals surface area contributed by atoms with Crippen LogP contribution < -0.4 is 5.73 Å². The van der Waals surface area contributed by atoms with E-state index in [1.54, 1.807) is 12.4 Å². The number of rotatable bonds is 1. The highest BCUT2D eigenvalue weighted by Gasteiger charge is 2.19. The Balaban J connectivity index is 2.22. The van der Waals surface area contributed by atoms with E-state index in [2.05, 4.69) is 10.1 Å². The summed E-state index contributed by atoms with van der Waals surface area (Å²) in [6.07, 6.45) is 3.37. The molecule has 5 nitrogen and oxygen atoms in total. The van der Waals surface area contributed by atoms with Crippen molar-refractivity contribution in [2.75, 3.05) is 5.88 Å². The van der Waals surface area contributed by atoms with E-state index in [0.717, 1.165) is 10.6 Å². The van der Waals surface area contributed by atoms with E-state index in [4.69, 9.17) is 5.73 Å². The molecule has 1 aromatic heterocycles. The van der Waals surface area contributed by atoms with Gasteiger partial charge in [0.25, 0.3) is 0 Å². The first-order valence-electron chi connectivity index (χ1n) is 3.96. The number of hydrogen-bond acceptors (Lipinski definition) is 4.